The smallest absolute Gasteiger partial charge is 0.240 e. The van der Waals surface area contributed by atoms with Crippen molar-refractivity contribution in [1.29, 1.82) is 0 Å². The summed E-state index contributed by atoms with van der Waals surface area (Å²) in [4.78, 5) is 13.4. The minimum Gasteiger partial charge on any atom is -0.396 e. The van der Waals surface area contributed by atoms with Crippen molar-refractivity contribution in [2.75, 3.05) is 30.0 Å². The van der Waals surface area contributed by atoms with Crippen molar-refractivity contribution in [2.24, 2.45) is 11.8 Å². The Labute approximate surface area is 121 Å². The molecule has 0 aromatic carbocycles. The van der Waals surface area contributed by atoms with Crippen LogP contribution in [-0.4, -0.2) is 34.8 Å². The van der Waals surface area contributed by atoms with Gasteiger partial charge in [-0.3, -0.25) is 5.43 Å². The monoisotopic (exact) mass is 293 g/mol. The van der Waals surface area contributed by atoms with E-state index >= 15 is 0 Å². The van der Waals surface area contributed by atoms with Crippen molar-refractivity contribution >= 4 is 33.3 Å². The molecule has 1 aliphatic heterocycles. The van der Waals surface area contributed by atoms with Gasteiger partial charge in [-0.05, 0) is 31.7 Å². The first kappa shape index (κ1) is 13.5. The summed E-state index contributed by atoms with van der Waals surface area (Å²) in [7, 11) is 0. The molecule has 0 radical (unpaired) electrons. The number of aliphatic hydroxyl groups excluding tert-OH is 1. The lowest BCUT2D eigenvalue weighted by Crippen LogP contribution is -2.22. The highest BCUT2D eigenvalue weighted by molar-refractivity contribution is 7.18. The molecule has 2 aromatic rings. The maximum Gasteiger partial charge on any atom is 0.240 e. The number of aromatic nitrogens is 2. The van der Waals surface area contributed by atoms with Crippen LogP contribution in [0.4, 0.5) is 11.8 Å². The lowest BCUT2D eigenvalue weighted by molar-refractivity contribution is 0.263. The van der Waals surface area contributed by atoms with Gasteiger partial charge in [0.2, 0.25) is 5.95 Å². The number of hydrazine groups is 1. The summed E-state index contributed by atoms with van der Waals surface area (Å²) in [5, 5.41) is 10.2. The molecule has 4 N–H and O–H groups in total. The van der Waals surface area contributed by atoms with Crippen LogP contribution in [0.1, 0.15) is 17.7 Å². The molecule has 108 valence electrons. The van der Waals surface area contributed by atoms with E-state index in [1.54, 1.807) is 11.3 Å². The third kappa shape index (κ3) is 2.44. The normalized spacial score (nSPS) is 18.9. The molecule has 3 heterocycles. The molecule has 1 aliphatic rings. The number of fused-ring (bicyclic) bond motifs is 1. The first-order valence-electron chi connectivity index (χ1n) is 6.82. The Balaban J connectivity index is 1.97. The molecular formula is C13H19N5OS. The lowest BCUT2D eigenvalue weighted by Gasteiger charge is -2.19. The zero-order valence-corrected chi connectivity index (χ0v) is 12.3. The highest BCUT2D eigenvalue weighted by Crippen LogP contribution is 2.34. The Morgan fingerprint density at radius 1 is 1.55 bits per heavy atom. The highest BCUT2D eigenvalue weighted by atomic mass is 32.1. The molecule has 2 aromatic heterocycles. The number of hydrogen-bond donors (Lipinski definition) is 3. The summed E-state index contributed by atoms with van der Waals surface area (Å²) < 4.78 is 0. The largest absolute Gasteiger partial charge is 0.396 e. The summed E-state index contributed by atoms with van der Waals surface area (Å²) in [6.45, 7) is 4.23. The molecular weight excluding hydrogens is 274 g/mol. The predicted molar refractivity (Wildman–Crippen MR) is 82.0 cm³/mol. The number of rotatable bonds is 4. The summed E-state index contributed by atoms with van der Waals surface area (Å²) in [6, 6.07) is 2.13. The van der Waals surface area contributed by atoms with Crippen LogP contribution in [0.5, 0.6) is 0 Å². The molecule has 0 amide bonds. The van der Waals surface area contributed by atoms with Gasteiger partial charge >= 0.3 is 0 Å². The highest BCUT2D eigenvalue weighted by Gasteiger charge is 2.25. The van der Waals surface area contributed by atoms with Crippen LogP contribution in [0.15, 0.2) is 6.07 Å². The van der Waals surface area contributed by atoms with Gasteiger partial charge < -0.3 is 10.0 Å². The Hall–Kier alpha value is -1.44. The van der Waals surface area contributed by atoms with E-state index in [0.717, 1.165) is 42.0 Å². The van der Waals surface area contributed by atoms with Crippen molar-refractivity contribution in [3.8, 4) is 0 Å². The first-order chi connectivity index (χ1) is 9.71. The van der Waals surface area contributed by atoms with Crippen molar-refractivity contribution in [3.63, 3.8) is 0 Å². The standard InChI is InChI=1S/C13H19N5OS/c1-8-6-10-11(15-13(17-14)16-12(10)20-8)18-4-2-9(7-18)3-5-19/h6,9,19H,2-5,7,14H2,1H3,(H,15,16,17). The Kier molecular flexibility index (Phi) is 3.73. The molecule has 1 saturated heterocycles. The Bertz CT molecular complexity index is 614. The molecule has 1 atom stereocenters. The fourth-order valence-electron chi connectivity index (χ4n) is 2.78. The van der Waals surface area contributed by atoms with E-state index in [-0.39, 0.29) is 6.61 Å². The molecule has 0 spiro atoms. The summed E-state index contributed by atoms with van der Waals surface area (Å²) >= 11 is 1.65. The van der Waals surface area contributed by atoms with Gasteiger partial charge in [-0.25, -0.2) is 10.8 Å². The summed E-state index contributed by atoms with van der Waals surface area (Å²) in [5.74, 6) is 7.42. The summed E-state index contributed by atoms with van der Waals surface area (Å²) in [5.41, 5.74) is 2.55. The average Bonchev–Trinajstić information content (AvgIpc) is 3.03. The van der Waals surface area contributed by atoms with Gasteiger partial charge in [0.1, 0.15) is 10.6 Å². The fourth-order valence-corrected chi connectivity index (χ4v) is 3.65. The van der Waals surface area contributed by atoms with Crippen LogP contribution in [0, 0.1) is 12.8 Å². The molecule has 6 nitrogen and oxygen atoms in total. The number of nitrogens with one attached hydrogen (secondary N) is 1. The van der Waals surface area contributed by atoms with Gasteiger partial charge in [0.15, 0.2) is 0 Å². The van der Waals surface area contributed by atoms with Crippen LogP contribution in [0.3, 0.4) is 0 Å². The number of thiophene rings is 1. The minimum absolute atomic E-state index is 0.255. The quantitative estimate of drug-likeness (QED) is 0.585. The van der Waals surface area contributed by atoms with Crippen LogP contribution < -0.4 is 16.2 Å². The summed E-state index contributed by atoms with van der Waals surface area (Å²) in [6.07, 6.45) is 1.95. The van der Waals surface area contributed by atoms with Gasteiger partial charge in [0.25, 0.3) is 0 Å². The van der Waals surface area contributed by atoms with E-state index in [2.05, 4.69) is 33.3 Å². The van der Waals surface area contributed by atoms with Crippen molar-refractivity contribution in [1.82, 2.24) is 9.97 Å². The number of nitrogens with zero attached hydrogens (tertiary/aromatic N) is 3. The topological polar surface area (TPSA) is 87.3 Å². The van der Waals surface area contributed by atoms with E-state index in [4.69, 9.17) is 10.9 Å². The number of aryl methyl sites for hydroxylation is 1. The zero-order chi connectivity index (χ0) is 14.1. The van der Waals surface area contributed by atoms with Gasteiger partial charge in [-0.2, -0.15) is 4.98 Å². The van der Waals surface area contributed by atoms with E-state index < -0.39 is 0 Å². The van der Waals surface area contributed by atoms with Gasteiger partial charge in [0.05, 0.1) is 5.39 Å². The van der Waals surface area contributed by atoms with Crippen molar-refractivity contribution < 1.29 is 5.11 Å². The first-order valence-corrected chi connectivity index (χ1v) is 7.63. The molecule has 0 bridgehead atoms. The molecule has 0 saturated carbocycles. The van der Waals surface area contributed by atoms with Crippen LogP contribution >= 0.6 is 11.3 Å². The fraction of sp³-hybridized carbons (Fsp3) is 0.538. The Morgan fingerprint density at radius 3 is 3.15 bits per heavy atom. The maximum absolute atomic E-state index is 9.07. The maximum atomic E-state index is 9.07. The van der Waals surface area contributed by atoms with Crippen LogP contribution in [-0.2, 0) is 0 Å². The molecule has 0 aliphatic carbocycles. The lowest BCUT2D eigenvalue weighted by atomic mass is 10.1. The average molecular weight is 293 g/mol. The van der Waals surface area contributed by atoms with Crippen LogP contribution in [0.25, 0.3) is 10.2 Å². The van der Waals surface area contributed by atoms with Gasteiger partial charge in [0, 0.05) is 24.6 Å². The predicted octanol–water partition coefficient (Wildman–Crippen LogP) is 1.49. The minimum atomic E-state index is 0.255. The van der Waals surface area contributed by atoms with Gasteiger partial charge in [-0.1, -0.05) is 0 Å². The Morgan fingerprint density at radius 2 is 2.40 bits per heavy atom. The number of nitrogens with two attached hydrogens (primary N) is 1. The molecule has 1 fully saturated rings. The molecule has 3 rings (SSSR count). The van der Waals surface area contributed by atoms with Crippen molar-refractivity contribution in [2.45, 2.75) is 19.8 Å². The van der Waals surface area contributed by atoms with E-state index in [1.165, 1.54) is 4.88 Å². The molecule has 1 unspecified atom stereocenters. The second kappa shape index (κ2) is 5.51. The van der Waals surface area contributed by atoms with Gasteiger partial charge in [-0.15, -0.1) is 11.3 Å². The molecule has 7 heteroatoms. The second-order valence-corrected chi connectivity index (χ2v) is 6.44. The third-order valence-electron chi connectivity index (χ3n) is 3.75. The SMILES string of the molecule is Cc1cc2c(N3CCC(CCO)C3)nc(NN)nc2s1. The number of anilines is 2. The zero-order valence-electron chi connectivity index (χ0n) is 11.5. The van der Waals surface area contributed by atoms with E-state index in [9.17, 15) is 0 Å². The third-order valence-corrected chi connectivity index (χ3v) is 4.69. The van der Waals surface area contributed by atoms with E-state index in [1.807, 2.05) is 0 Å². The number of hydrogen-bond acceptors (Lipinski definition) is 7. The van der Waals surface area contributed by atoms with Crippen molar-refractivity contribution in [3.05, 3.63) is 10.9 Å². The number of nitrogen functional groups attached to an aromatic ring is 1. The second-order valence-electron chi connectivity index (χ2n) is 5.20. The van der Waals surface area contributed by atoms with E-state index in [0.29, 0.717) is 11.9 Å². The molecule has 20 heavy (non-hydrogen) atoms. The van der Waals surface area contributed by atoms with Crippen LogP contribution in [0.2, 0.25) is 0 Å². The number of aliphatic hydroxyl groups is 1.